The van der Waals surface area contributed by atoms with E-state index in [0.29, 0.717) is 11.0 Å². The fourth-order valence-corrected chi connectivity index (χ4v) is 3.44. The van der Waals surface area contributed by atoms with Gasteiger partial charge in [0.2, 0.25) is 11.8 Å². The molecule has 8 heteroatoms. The minimum atomic E-state index is -0.464. The van der Waals surface area contributed by atoms with Crippen molar-refractivity contribution in [3.8, 4) is 0 Å². The first-order valence-electron chi connectivity index (χ1n) is 5.14. The van der Waals surface area contributed by atoms with Crippen molar-refractivity contribution in [3.63, 3.8) is 0 Å². The van der Waals surface area contributed by atoms with Crippen LogP contribution in [0, 0.1) is 0 Å². The number of aromatic nitrogens is 2. The molecule has 1 fully saturated rings. The average Bonchev–Trinajstić information content (AvgIpc) is 2.86. The monoisotopic (exact) mass is 280 g/mol. The number of imide groups is 1. The molecule has 0 bridgehead atoms. The maximum absolute atomic E-state index is 11.5. The second-order valence-electron chi connectivity index (χ2n) is 3.75. The topological polar surface area (TPSA) is 98.0 Å². The number of nitrogens with two attached hydrogens (primary N) is 1. The smallest absolute Gasteiger partial charge is 0.240 e. The first kappa shape index (κ1) is 11.4. The summed E-state index contributed by atoms with van der Waals surface area (Å²) >= 11 is 2.63. The Kier molecular flexibility index (Phi) is 2.67. The zero-order valence-corrected chi connectivity index (χ0v) is 10.7. The molecule has 2 amide bonds. The third kappa shape index (κ3) is 1.93. The first-order chi connectivity index (χ1) is 8.63. The maximum atomic E-state index is 11.5. The highest BCUT2D eigenvalue weighted by Gasteiger charge is 2.32. The van der Waals surface area contributed by atoms with Crippen LogP contribution in [0.3, 0.4) is 0 Å². The van der Waals surface area contributed by atoms with Gasteiger partial charge in [-0.25, -0.2) is 9.97 Å². The number of carbonyl (C=O) groups excluding carboxylic acids is 2. The minimum absolute atomic E-state index is 0.162. The predicted octanol–water partition coefficient (Wildman–Crippen LogP) is 0.781. The van der Waals surface area contributed by atoms with Crippen LogP contribution in [-0.2, 0) is 9.59 Å². The number of hydrogen-bond acceptors (Lipinski definition) is 7. The molecular formula is C10H8N4O2S2. The van der Waals surface area contributed by atoms with Crippen LogP contribution >= 0.6 is 23.1 Å². The summed E-state index contributed by atoms with van der Waals surface area (Å²) in [7, 11) is 0. The third-order valence-electron chi connectivity index (χ3n) is 2.51. The van der Waals surface area contributed by atoms with Crippen molar-refractivity contribution in [3.05, 3.63) is 11.4 Å². The molecule has 18 heavy (non-hydrogen) atoms. The first-order valence-corrected chi connectivity index (χ1v) is 6.90. The molecule has 3 rings (SSSR count). The molecule has 0 spiro atoms. The fraction of sp³-hybridized carbons (Fsp3) is 0.200. The molecular weight excluding hydrogens is 272 g/mol. The number of nitrogens with zero attached hydrogens (tertiary/aromatic N) is 2. The molecule has 0 saturated carbocycles. The Morgan fingerprint density at radius 1 is 1.44 bits per heavy atom. The van der Waals surface area contributed by atoms with E-state index in [1.807, 2.05) is 11.4 Å². The lowest BCUT2D eigenvalue weighted by atomic mass is 10.4. The summed E-state index contributed by atoms with van der Waals surface area (Å²) in [6.45, 7) is 0. The Labute approximate surface area is 110 Å². The summed E-state index contributed by atoms with van der Waals surface area (Å²) in [5.41, 5.74) is 5.81. The van der Waals surface area contributed by atoms with E-state index in [2.05, 4.69) is 15.3 Å². The molecule has 1 aliphatic rings. The lowest BCUT2D eigenvalue weighted by Gasteiger charge is -2.05. The largest absolute Gasteiger partial charge is 0.383 e. The van der Waals surface area contributed by atoms with Gasteiger partial charge < -0.3 is 5.73 Å². The molecule has 1 unspecified atom stereocenters. The van der Waals surface area contributed by atoms with E-state index < -0.39 is 5.25 Å². The number of nitrogens with one attached hydrogen (secondary N) is 1. The zero-order chi connectivity index (χ0) is 12.7. The highest BCUT2D eigenvalue weighted by atomic mass is 32.2. The van der Waals surface area contributed by atoms with Gasteiger partial charge in [0, 0.05) is 6.42 Å². The quantitative estimate of drug-likeness (QED) is 0.623. The van der Waals surface area contributed by atoms with E-state index in [0.717, 1.165) is 10.2 Å². The number of anilines is 1. The van der Waals surface area contributed by atoms with Crippen LogP contribution < -0.4 is 11.1 Å². The van der Waals surface area contributed by atoms with E-state index in [1.54, 1.807) is 0 Å². The Hall–Kier alpha value is -1.67. The van der Waals surface area contributed by atoms with Crippen molar-refractivity contribution in [2.45, 2.75) is 16.8 Å². The normalized spacial score (nSPS) is 19.4. The standard InChI is InChI=1S/C10H8N4O2S2/c11-7-4-1-2-17-9(4)14-10(13-7)18-5-3-6(15)12-8(5)16/h1-2,5H,3H2,(H2,11,13,14)(H,12,15,16). The second kappa shape index (κ2) is 4.21. The van der Waals surface area contributed by atoms with E-state index in [1.165, 1.54) is 23.1 Å². The van der Waals surface area contributed by atoms with Crippen LogP contribution in [0.15, 0.2) is 16.6 Å². The van der Waals surface area contributed by atoms with Crippen molar-refractivity contribution in [1.82, 2.24) is 15.3 Å². The number of thioether (sulfide) groups is 1. The van der Waals surface area contributed by atoms with E-state index >= 15 is 0 Å². The molecule has 3 heterocycles. The maximum Gasteiger partial charge on any atom is 0.240 e. The Bertz CT molecular complexity index is 654. The summed E-state index contributed by atoms with van der Waals surface area (Å²) in [5, 5.41) is 4.92. The Morgan fingerprint density at radius 3 is 3.00 bits per heavy atom. The van der Waals surface area contributed by atoms with Crippen molar-refractivity contribution in [1.29, 1.82) is 0 Å². The summed E-state index contributed by atoms with van der Waals surface area (Å²) in [5.74, 6) is -0.158. The van der Waals surface area contributed by atoms with Crippen LogP contribution in [-0.4, -0.2) is 27.0 Å². The number of fused-ring (bicyclic) bond motifs is 1. The van der Waals surface area contributed by atoms with Crippen LogP contribution in [0.2, 0.25) is 0 Å². The van der Waals surface area contributed by atoms with Crippen LogP contribution in [0.5, 0.6) is 0 Å². The van der Waals surface area contributed by atoms with E-state index in [4.69, 9.17) is 5.73 Å². The molecule has 2 aromatic rings. The van der Waals surface area contributed by atoms with Crippen LogP contribution in [0.4, 0.5) is 5.82 Å². The molecule has 0 aromatic carbocycles. The fourth-order valence-electron chi connectivity index (χ4n) is 1.66. The van der Waals surface area contributed by atoms with Gasteiger partial charge in [0.05, 0.1) is 5.39 Å². The number of rotatable bonds is 2. The summed E-state index contributed by atoms with van der Waals surface area (Å²) < 4.78 is 0. The molecule has 2 aromatic heterocycles. The van der Waals surface area contributed by atoms with Gasteiger partial charge in [0.1, 0.15) is 15.9 Å². The van der Waals surface area contributed by atoms with Gasteiger partial charge in [-0.15, -0.1) is 11.3 Å². The predicted molar refractivity (Wildman–Crippen MR) is 69.2 cm³/mol. The van der Waals surface area contributed by atoms with Gasteiger partial charge in [-0.1, -0.05) is 11.8 Å². The second-order valence-corrected chi connectivity index (χ2v) is 5.82. The number of amides is 2. The number of carbonyl (C=O) groups is 2. The Morgan fingerprint density at radius 2 is 2.28 bits per heavy atom. The summed E-state index contributed by atoms with van der Waals surface area (Å²) in [6.07, 6.45) is 0.162. The van der Waals surface area contributed by atoms with E-state index in [-0.39, 0.29) is 18.2 Å². The van der Waals surface area contributed by atoms with E-state index in [9.17, 15) is 9.59 Å². The molecule has 0 aliphatic carbocycles. The van der Waals surface area contributed by atoms with Crippen molar-refractivity contribution < 1.29 is 9.59 Å². The highest BCUT2D eigenvalue weighted by Crippen LogP contribution is 2.30. The SMILES string of the molecule is Nc1nc(SC2CC(=O)NC2=O)nc2sccc12. The highest BCUT2D eigenvalue weighted by molar-refractivity contribution is 8.00. The van der Waals surface area contributed by atoms with Crippen LogP contribution in [0.25, 0.3) is 10.2 Å². The Balaban J connectivity index is 1.91. The van der Waals surface area contributed by atoms with Gasteiger partial charge in [0.15, 0.2) is 5.16 Å². The third-order valence-corrected chi connectivity index (χ3v) is 4.37. The number of nitrogen functional groups attached to an aromatic ring is 1. The molecule has 6 nitrogen and oxygen atoms in total. The average molecular weight is 280 g/mol. The number of thiophene rings is 1. The summed E-state index contributed by atoms with van der Waals surface area (Å²) in [6, 6.07) is 1.86. The van der Waals surface area contributed by atoms with Crippen molar-refractivity contribution in [2.24, 2.45) is 0 Å². The summed E-state index contributed by atoms with van der Waals surface area (Å²) in [4.78, 5) is 31.8. The van der Waals surface area contributed by atoms with Crippen LogP contribution in [0.1, 0.15) is 6.42 Å². The molecule has 92 valence electrons. The van der Waals surface area contributed by atoms with Crippen molar-refractivity contribution in [2.75, 3.05) is 5.73 Å². The minimum Gasteiger partial charge on any atom is -0.383 e. The van der Waals surface area contributed by atoms with Gasteiger partial charge >= 0.3 is 0 Å². The van der Waals surface area contributed by atoms with Gasteiger partial charge in [-0.2, -0.15) is 0 Å². The van der Waals surface area contributed by atoms with Gasteiger partial charge in [0.25, 0.3) is 0 Å². The number of hydrogen-bond donors (Lipinski definition) is 2. The van der Waals surface area contributed by atoms with Crippen molar-refractivity contribution >= 4 is 50.9 Å². The lowest BCUT2D eigenvalue weighted by molar-refractivity contribution is -0.124. The molecule has 1 saturated heterocycles. The molecule has 1 aliphatic heterocycles. The zero-order valence-electron chi connectivity index (χ0n) is 9.04. The van der Waals surface area contributed by atoms with Gasteiger partial charge in [-0.05, 0) is 11.4 Å². The molecule has 3 N–H and O–H groups in total. The van der Waals surface area contributed by atoms with Gasteiger partial charge in [-0.3, -0.25) is 14.9 Å². The molecule has 1 atom stereocenters. The molecule has 0 radical (unpaired) electrons. The lowest BCUT2D eigenvalue weighted by Crippen LogP contribution is -2.23.